The molecule has 0 N–H and O–H groups in total. The summed E-state index contributed by atoms with van der Waals surface area (Å²) in [5.74, 6) is 0. The van der Waals surface area contributed by atoms with E-state index in [1.807, 2.05) is 24.3 Å². The molecule has 0 unspecified atom stereocenters. The van der Waals surface area contributed by atoms with Gasteiger partial charge in [0.2, 0.25) is 0 Å². The molecule has 0 amide bonds. The second-order valence-corrected chi connectivity index (χ2v) is 3.62. The molecule has 2 aliphatic rings. The molecule has 3 heteroatoms. The number of nitrogens with zero attached hydrogens (tertiary/aromatic N) is 3. The van der Waals surface area contributed by atoms with Crippen molar-refractivity contribution < 1.29 is 0 Å². The lowest BCUT2D eigenvalue weighted by Gasteiger charge is -2.24. The third kappa shape index (κ3) is 1.08. The van der Waals surface area contributed by atoms with Gasteiger partial charge in [0, 0.05) is 13.0 Å². The normalized spacial score (nSPS) is 17.4. The van der Waals surface area contributed by atoms with Crippen LogP contribution in [0.3, 0.4) is 0 Å². The van der Waals surface area contributed by atoms with E-state index in [1.165, 1.54) is 0 Å². The molecule has 1 aromatic rings. The van der Waals surface area contributed by atoms with Crippen LogP contribution in [0.1, 0.15) is 6.42 Å². The third-order valence-corrected chi connectivity index (χ3v) is 2.82. The lowest BCUT2D eigenvalue weighted by molar-refractivity contribution is 0.976. The number of rotatable bonds is 0. The molecule has 2 aliphatic heterocycles. The highest BCUT2D eigenvalue weighted by molar-refractivity contribution is 5.95. The van der Waals surface area contributed by atoms with E-state index in [9.17, 15) is 0 Å². The van der Waals surface area contributed by atoms with Crippen molar-refractivity contribution in [2.24, 2.45) is 4.99 Å². The van der Waals surface area contributed by atoms with Gasteiger partial charge in [-0.3, -0.25) is 4.99 Å². The SMILES string of the molecule is N#CC1=C2C=Nc3ccccc3N2CC1. The molecule has 0 aromatic heterocycles. The Bertz CT molecular complexity index is 520. The Labute approximate surface area is 88.0 Å². The Morgan fingerprint density at radius 2 is 2.20 bits per heavy atom. The van der Waals surface area contributed by atoms with Crippen LogP contribution in [0.25, 0.3) is 0 Å². The van der Waals surface area contributed by atoms with Crippen LogP contribution in [0.2, 0.25) is 0 Å². The summed E-state index contributed by atoms with van der Waals surface area (Å²) in [6.07, 6.45) is 2.63. The zero-order valence-electron chi connectivity index (χ0n) is 8.14. The summed E-state index contributed by atoms with van der Waals surface area (Å²) in [5, 5.41) is 8.96. The molecule has 72 valence electrons. The molecule has 3 nitrogen and oxygen atoms in total. The van der Waals surface area contributed by atoms with E-state index in [1.54, 1.807) is 6.21 Å². The Morgan fingerprint density at radius 1 is 1.33 bits per heavy atom. The van der Waals surface area contributed by atoms with Crippen LogP contribution >= 0.6 is 0 Å². The molecular formula is C12H9N3. The molecule has 0 saturated heterocycles. The summed E-state index contributed by atoms with van der Waals surface area (Å²) in [6, 6.07) is 10.3. The lowest BCUT2D eigenvalue weighted by Crippen LogP contribution is -2.21. The predicted octanol–water partition coefficient (Wildman–Crippen LogP) is 2.39. The van der Waals surface area contributed by atoms with E-state index in [4.69, 9.17) is 5.26 Å². The molecule has 2 heterocycles. The number of benzene rings is 1. The minimum atomic E-state index is 0.826. The van der Waals surface area contributed by atoms with Crippen LogP contribution in [0.5, 0.6) is 0 Å². The van der Waals surface area contributed by atoms with Gasteiger partial charge >= 0.3 is 0 Å². The first kappa shape index (κ1) is 8.25. The van der Waals surface area contributed by atoms with Gasteiger partial charge in [0.1, 0.15) is 0 Å². The number of anilines is 1. The van der Waals surface area contributed by atoms with Crippen LogP contribution in [0.15, 0.2) is 40.5 Å². The van der Waals surface area contributed by atoms with Gasteiger partial charge in [0.15, 0.2) is 0 Å². The van der Waals surface area contributed by atoms with Crippen molar-refractivity contribution >= 4 is 17.6 Å². The highest BCUT2D eigenvalue weighted by atomic mass is 15.2. The van der Waals surface area contributed by atoms with Gasteiger partial charge < -0.3 is 4.90 Å². The molecule has 0 atom stereocenters. The maximum Gasteiger partial charge on any atom is 0.0970 e. The average molecular weight is 195 g/mol. The van der Waals surface area contributed by atoms with Crippen molar-refractivity contribution in [3.05, 3.63) is 35.5 Å². The monoisotopic (exact) mass is 195 g/mol. The molecule has 0 bridgehead atoms. The summed E-state index contributed by atoms with van der Waals surface area (Å²) in [6.45, 7) is 0.890. The van der Waals surface area contributed by atoms with Gasteiger partial charge in [0.25, 0.3) is 0 Å². The van der Waals surface area contributed by atoms with E-state index < -0.39 is 0 Å². The Hall–Kier alpha value is -2.08. The number of allylic oxidation sites excluding steroid dienone is 1. The number of nitriles is 1. The first-order chi connectivity index (χ1) is 7.40. The van der Waals surface area contributed by atoms with E-state index in [2.05, 4.69) is 16.0 Å². The summed E-state index contributed by atoms with van der Waals surface area (Å²) < 4.78 is 0. The van der Waals surface area contributed by atoms with E-state index in [-0.39, 0.29) is 0 Å². The van der Waals surface area contributed by atoms with E-state index in [0.717, 1.165) is 35.6 Å². The van der Waals surface area contributed by atoms with Crippen LogP contribution < -0.4 is 4.90 Å². The van der Waals surface area contributed by atoms with Crippen LogP contribution in [0, 0.1) is 11.3 Å². The zero-order chi connectivity index (χ0) is 10.3. The molecule has 0 saturated carbocycles. The van der Waals surface area contributed by atoms with Crippen LogP contribution in [-0.4, -0.2) is 12.8 Å². The molecule has 1 aromatic carbocycles. The molecular weight excluding hydrogens is 186 g/mol. The van der Waals surface area contributed by atoms with Crippen molar-refractivity contribution in [1.82, 2.24) is 0 Å². The van der Waals surface area contributed by atoms with Gasteiger partial charge in [-0.15, -0.1) is 0 Å². The van der Waals surface area contributed by atoms with Gasteiger partial charge in [-0.2, -0.15) is 5.26 Å². The van der Waals surface area contributed by atoms with Crippen molar-refractivity contribution in [2.75, 3.05) is 11.4 Å². The van der Waals surface area contributed by atoms with Crippen molar-refractivity contribution in [3.8, 4) is 6.07 Å². The van der Waals surface area contributed by atoms with Crippen molar-refractivity contribution in [3.63, 3.8) is 0 Å². The van der Waals surface area contributed by atoms with Crippen molar-refractivity contribution in [2.45, 2.75) is 6.42 Å². The first-order valence-electron chi connectivity index (χ1n) is 4.94. The van der Waals surface area contributed by atoms with Gasteiger partial charge in [-0.1, -0.05) is 12.1 Å². The zero-order valence-corrected chi connectivity index (χ0v) is 8.14. The largest absolute Gasteiger partial charge is 0.337 e. The van der Waals surface area contributed by atoms with Crippen molar-refractivity contribution in [1.29, 1.82) is 5.26 Å². The molecule has 15 heavy (non-hydrogen) atoms. The fourth-order valence-corrected chi connectivity index (χ4v) is 2.08. The lowest BCUT2D eigenvalue weighted by atomic mass is 10.2. The first-order valence-corrected chi connectivity index (χ1v) is 4.94. The molecule has 3 rings (SSSR count). The molecule has 0 aliphatic carbocycles. The van der Waals surface area contributed by atoms with E-state index in [0.29, 0.717) is 0 Å². The quantitative estimate of drug-likeness (QED) is 0.637. The van der Waals surface area contributed by atoms with Gasteiger partial charge in [-0.25, -0.2) is 0 Å². The molecule has 0 fully saturated rings. The molecule has 0 radical (unpaired) electrons. The summed E-state index contributed by atoms with van der Waals surface area (Å²) in [5.41, 5.74) is 3.91. The fraction of sp³-hybridized carbons (Fsp3) is 0.167. The fourth-order valence-electron chi connectivity index (χ4n) is 2.08. The van der Waals surface area contributed by atoms with Crippen LogP contribution in [-0.2, 0) is 0 Å². The minimum absolute atomic E-state index is 0.826. The van der Waals surface area contributed by atoms with Gasteiger partial charge in [-0.05, 0) is 12.1 Å². The second kappa shape index (κ2) is 2.96. The maximum absolute atomic E-state index is 8.96. The standard InChI is InChI=1S/C12H9N3/c13-7-9-5-6-15-11-4-2-1-3-10(11)14-8-12(9)15/h1-4,8H,5-6H2. The number of aliphatic imine (C=N–C) groups is 1. The third-order valence-electron chi connectivity index (χ3n) is 2.82. The van der Waals surface area contributed by atoms with Gasteiger partial charge in [0.05, 0.1) is 34.9 Å². The summed E-state index contributed by atoms with van der Waals surface area (Å²) in [4.78, 5) is 6.53. The minimum Gasteiger partial charge on any atom is -0.337 e. The van der Waals surface area contributed by atoms with E-state index >= 15 is 0 Å². The Kier molecular flexibility index (Phi) is 1.63. The Balaban J connectivity index is 2.19. The molecule has 0 spiro atoms. The number of fused-ring (bicyclic) bond motifs is 3. The number of para-hydroxylation sites is 2. The second-order valence-electron chi connectivity index (χ2n) is 3.62. The summed E-state index contributed by atoms with van der Waals surface area (Å²) in [7, 11) is 0. The number of hydrogen-bond acceptors (Lipinski definition) is 3. The Morgan fingerprint density at radius 3 is 3.07 bits per heavy atom. The highest BCUT2D eigenvalue weighted by Gasteiger charge is 2.26. The highest BCUT2D eigenvalue weighted by Crippen LogP contribution is 2.38. The topological polar surface area (TPSA) is 39.4 Å². The number of hydrogen-bond donors (Lipinski definition) is 0. The smallest absolute Gasteiger partial charge is 0.0970 e. The maximum atomic E-state index is 8.96. The summed E-state index contributed by atoms with van der Waals surface area (Å²) >= 11 is 0. The predicted molar refractivity (Wildman–Crippen MR) is 59.2 cm³/mol. The van der Waals surface area contributed by atoms with Crippen LogP contribution in [0.4, 0.5) is 11.4 Å². The average Bonchev–Trinajstić information content (AvgIpc) is 2.72.